The molecule has 0 unspecified atom stereocenters. The molecule has 0 aliphatic carbocycles. The summed E-state index contributed by atoms with van der Waals surface area (Å²) >= 11 is 3.48. The molecule has 1 aromatic heterocycles. The number of nitrogens with zero attached hydrogens (tertiary/aromatic N) is 1. The monoisotopic (exact) mass is 184 g/mol. The van der Waals surface area contributed by atoms with Crippen LogP contribution in [0.3, 0.4) is 0 Å². The molecule has 2 nitrogen and oxygen atoms in total. The van der Waals surface area contributed by atoms with Crippen LogP contribution < -0.4 is 5.32 Å². The highest BCUT2D eigenvalue weighted by Gasteiger charge is 2.05. The lowest BCUT2D eigenvalue weighted by Crippen LogP contribution is -2.03. The van der Waals surface area contributed by atoms with Gasteiger partial charge in [-0.1, -0.05) is 11.8 Å². The van der Waals surface area contributed by atoms with Gasteiger partial charge in [0, 0.05) is 11.1 Å². The topological polar surface area (TPSA) is 24.4 Å². The van der Waals surface area contributed by atoms with E-state index in [-0.39, 0.29) is 0 Å². The number of thioether (sulfide) groups is 1. The van der Waals surface area contributed by atoms with Crippen LogP contribution in [-0.4, -0.2) is 17.5 Å². The molecule has 11 heavy (non-hydrogen) atoms. The predicted molar refractivity (Wildman–Crippen MR) is 52.7 cm³/mol. The highest BCUT2D eigenvalue weighted by molar-refractivity contribution is 8.14. The van der Waals surface area contributed by atoms with Crippen molar-refractivity contribution < 1.29 is 0 Å². The van der Waals surface area contributed by atoms with Crippen LogP contribution in [0.4, 0.5) is 5.69 Å². The van der Waals surface area contributed by atoms with Crippen LogP contribution in [0.15, 0.2) is 21.8 Å². The lowest BCUT2D eigenvalue weighted by molar-refractivity contribution is 1.17. The maximum Gasteiger partial charge on any atom is 0.161 e. The van der Waals surface area contributed by atoms with Gasteiger partial charge in [-0.15, -0.1) is 0 Å². The van der Waals surface area contributed by atoms with E-state index in [2.05, 4.69) is 27.1 Å². The second-order valence-corrected chi connectivity index (χ2v) is 4.04. The Kier molecular flexibility index (Phi) is 2.14. The van der Waals surface area contributed by atoms with E-state index < -0.39 is 0 Å². The van der Waals surface area contributed by atoms with E-state index in [1.807, 2.05) is 0 Å². The maximum absolute atomic E-state index is 4.28. The third-order valence-corrected chi connectivity index (χ3v) is 2.93. The number of rotatable bonds is 1. The van der Waals surface area contributed by atoms with Gasteiger partial charge < -0.3 is 5.32 Å². The van der Waals surface area contributed by atoms with E-state index >= 15 is 0 Å². The molecular weight excluding hydrogens is 176 g/mol. The van der Waals surface area contributed by atoms with Crippen molar-refractivity contribution in [1.29, 1.82) is 0 Å². The molecule has 2 heterocycles. The quantitative estimate of drug-likeness (QED) is 0.724. The Morgan fingerprint density at radius 1 is 1.55 bits per heavy atom. The van der Waals surface area contributed by atoms with Crippen LogP contribution in [0.2, 0.25) is 0 Å². The zero-order valence-electron chi connectivity index (χ0n) is 5.91. The molecule has 1 aliphatic rings. The molecule has 0 bridgehead atoms. The predicted octanol–water partition coefficient (Wildman–Crippen LogP) is 2.26. The summed E-state index contributed by atoms with van der Waals surface area (Å²) in [6.07, 6.45) is 0. The van der Waals surface area contributed by atoms with Gasteiger partial charge in [0.1, 0.15) is 0 Å². The molecule has 0 spiro atoms. The second-order valence-electron chi connectivity index (χ2n) is 2.17. The van der Waals surface area contributed by atoms with Gasteiger partial charge >= 0.3 is 0 Å². The number of thiophene rings is 1. The summed E-state index contributed by atoms with van der Waals surface area (Å²) < 4.78 is 0. The number of aliphatic imine (C=N–C) groups is 1. The first-order valence-corrected chi connectivity index (χ1v) is 5.34. The smallest absolute Gasteiger partial charge is 0.161 e. The SMILES string of the molecule is c1cc(NC2=NCCS2)cs1. The van der Waals surface area contributed by atoms with Crippen molar-refractivity contribution in [2.45, 2.75) is 0 Å². The number of amidine groups is 1. The fourth-order valence-corrected chi connectivity index (χ4v) is 2.21. The lowest BCUT2D eigenvalue weighted by atomic mass is 10.5. The Morgan fingerprint density at radius 3 is 3.18 bits per heavy atom. The molecule has 0 saturated carbocycles. The Labute approximate surface area is 73.7 Å². The van der Waals surface area contributed by atoms with Gasteiger partial charge in [0.05, 0.1) is 12.2 Å². The third kappa shape index (κ3) is 1.75. The normalized spacial score (nSPS) is 16.5. The minimum atomic E-state index is 0.955. The zero-order chi connectivity index (χ0) is 7.52. The standard InChI is InChI=1S/C7H8N2S2/c1-3-10-5-6(1)9-7-8-2-4-11-7/h1,3,5H,2,4H2,(H,8,9). The van der Waals surface area contributed by atoms with Gasteiger partial charge in [-0.25, -0.2) is 0 Å². The first kappa shape index (κ1) is 7.18. The van der Waals surface area contributed by atoms with Gasteiger partial charge in [-0.3, -0.25) is 4.99 Å². The fraction of sp³-hybridized carbons (Fsp3) is 0.286. The molecule has 4 heteroatoms. The summed E-state index contributed by atoms with van der Waals surface area (Å²) in [6, 6.07) is 2.06. The molecule has 0 radical (unpaired) electrons. The number of hydrogen-bond acceptors (Lipinski definition) is 4. The Hall–Kier alpha value is -0.480. The third-order valence-electron chi connectivity index (χ3n) is 1.36. The first-order chi connectivity index (χ1) is 5.45. The van der Waals surface area contributed by atoms with E-state index in [1.165, 1.54) is 0 Å². The van der Waals surface area contributed by atoms with Crippen LogP contribution in [0.1, 0.15) is 0 Å². The van der Waals surface area contributed by atoms with Crippen molar-refractivity contribution in [2.24, 2.45) is 4.99 Å². The summed E-state index contributed by atoms with van der Waals surface area (Å²) in [5.41, 5.74) is 1.16. The van der Waals surface area contributed by atoms with Crippen LogP contribution in [-0.2, 0) is 0 Å². The van der Waals surface area contributed by atoms with E-state index in [0.29, 0.717) is 0 Å². The molecule has 2 rings (SSSR count). The summed E-state index contributed by atoms with van der Waals surface area (Å²) in [5.74, 6) is 1.12. The second kappa shape index (κ2) is 3.28. The summed E-state index contributed by atoms with van der Waals surface area (Å²) in [6.45, 7) is 0.955. The van der Waals surface area contributed by atoms with Crippen LogP contribution in [0.25, 0.3) is 0 Å². The van der Waals surface area contributed by atoms with E-state index in [0.717, 1.165) is 23.2 Å². The number of nitrogens with one attached hydrogen (secondary N) is 1. The van der Waals surface area contributed by atoms with Crippen molar-refractivity contribution in [2.75, 3.05) is 17.6 Å². The Morgan fingerprint density at radius 2 is 2.55 bits per heavy atom. The highest BCUT2D eigenvalue weighted by atomic mass is 32.2. The fourth-order valence-electron chi connectivity index (χ4n) is 0.870. The van der Waals surface area contributed by atoms with Crippen LogP contribution >= 0.6 is 23.1 Å². The molecule has 0 aromatic carbocycles. The van der Waals surface area contributed by atoms with Crippen molar-refractivity contribution >= 4 is 34.0 Å². The maximum atomic E-state index is 4.28. The zero-order valence-corrected chi connectivity index (χ0v) is 7.54. The van der Waals surface area contributed by atoms with E-state index in [1.54, 1.807) is 23.1 Å². The van der Waals surface area contributed by atoms with Gasteiger partial charge in [0.25, 0.3) is 0 Å². The summed E-state index contributed by atoms with van der Waals surface area (Å²) in [7, 11) is 0. The van der Waals surface area contributed by atoms with Gasteiger partial charge in [0.2, 0.25) is 0 Å². The Balaban J connectivity index is 2.00. The van der Waals surface area contributed by atoms with Crippen molar-refractivity contribution in [1.82, 2.24) is 0 Å². The van der Waals surface area contributed by atoms with Gasteiger partial charge in [0.15, 0.2) is 5.17 Å². The lowest BCUT2D eigenvalue weighted by Gasteiger charge is -1.99. The Bertz CT molecular complexity index is 253. The minimum absolute atomic E-state index is 0.955. The average Bonchev–Trinajstić information content (AvgIpc) is 2.60. The molecule has 1 aliphatic heterocycles. The molecule has 0 amide bonds. The number of anilines is 1. The van der Waals surface area contributed by atoms with Crippen molar-refractivity contribution in [3.05, 3.63) is 16.8 Å². The molecule has 1 aromatic rings. The molecular formula is C7H8N2S2. The highest BCUT2D eigenvalue weighted by Crippen LogP contribution is 2.17. The molecule has 0 fully saturated rings. The summed E-state index contributed by atoms with van der Waals surface area (Å²) in [4.78, 5) is 4.28. The van der Waals surface area contributed by atoms with E-state index in [4.69, 9.17) is 0 Å². The molecule has 0 atom stereocenters. The minimum Gasteiger partial charge on any atom is -0.334 e. The van der Waals surface area contributed by atoms with Crippen molar-refractivity contribution in [3.8, 4) is 0 Å². The molecule has 58 valence electrons. The largest absolute Gasteiger partial charge is 0.334 e. The van der Waals surface area contributed by atoms with Crippen LogP contribution in [0.5, 0.6) is 0 Å². The number of hydrogen-bond donors (Lipinski definition) is 1. The van der Waals surface area contributed by atoms with Gasteiger partial charge in [-0.05, 0) is 11.4 Å². The van der Waals surface area contributed by atoms with Crippen molar-refractivity contribution in [3.63, 3.8) is 0 Å². The van der Waals surface area contributed by atoms with Crippen LogP contribution in [0, 0.1) is 0 Å². The molecule has 0 saturated heterocycles. The molecule has 1 N–H and O–H groups in total. The van der Waals surface area contributed by atoms with Gasteiger partial charge in [-0.2, -0.15) is 11.3 Å². The average molecular weight is 184 g/mol. The summed E-state index contributed by atoms with van der Waals surface area (Å²) in [5, 5.41) is 8.45. The first-order valence-electron chi connectivity index (χ1n) is 3.41. The van der Waals surface area contributed by atoms with E-state index in [9.17, 15) is 0 Å².